The fraction of sp³-hybridized carbons (Fsp3) is 0.250. The van der Waals surface area contributed by atoms with Crippen LogP contribution in [0.2, 0.25) is 0 Å². The van der Waals surface area contributed by atoms with Gasteiger partial charge in [-0.15, -0.1) is 0 Å². The summed E-state index contributed by atoms with van der Waals surface area (Å²) in [4.78, 5) is 38.9. The predicted molar refractivity (Wildman–Crippen MR) is 117 cm³/mol. The summed E-state index contributed by atoms with van der Waals surface area (Å²) in [6.07, 6.45) is -5.93. The summed E-state index contributed by atoms with van der Waals surface area (Å²) in [6, 6.07) is 10.2. The second-order valence-electron chi connectivity index (χ2n) is 7.57. The van der Waals surface area contributed by atoms with Crippen molar-refractivity contribution in [1.29, 1.82) is 5.26 Å². The van der Waals surface area contributed by atoms with Gasteiger partial charge in [-0.25, -0.2) is 14.4 Å². The predicted octanol–water partition coefficient (Wildman–Crippen LogP) is 4.23. The van der Waals surface area contributed by atoms with Crippen LogP contribution in [0.25, 0.3) is 0 Å². The van der Waals surface area contributed by atoms with Crippen molar-refractivity contribution in [3.05, 3.63) is 76.5 Å². The molecule has 0 saturated heterocycles. The number of anilines is 1. The molecule has 8 nitrogen and oxygen atoms in total. The van der Waals surface area contributed by atoms with Crippen LogP contribution in [0, 0.1) is 11.3 Å². The van der Waals surface area contributed by atoms with Gasteiger partial charge in [0.2, 0.25) is 0 Å². The molecule has 0 aliphatic carbocycles. The van der Waals surface area contributed by atoms with Gasteiger partial charge in [0.25, 0.3) is 0 Å². The van der Waals surface area contributed by atoms with Crippen molar-refractivity contribution in [2.75, 3.05) is 12.0 Å². The lowest BCUT2D eigenvalue weighted by molar-refractivity contribution is -0.162. The number of esters is 2. The largest absolute Gasteiger partial charge is 0.466 e. The molecule has 1 N–H and O–H groups in total. The smallest absolute Gasteiger partial charge is 0.416 e. The van der Waals surface area contributed by atoms with E-state index in [1.54, 1.807) is 0 Å². The molecule has 0 fully saturated rings. The second-order valence-corrected chi connectivity index (χ2v) is 7.57. The van der Waals surface area contributed by atoms with Crippen LogP contribution in [-0.2, 0) is 25.2 Å². The molecule has 2 aromatic rings. The zero-order chi connectivity index (χ0) is 25.9. The standard InChI is InChI=1S/C24H20F3N3O5/c1-13-19(22(32)35-14(2)21(31)34-3)20(16-9-7-15(12-28)8-10-16)29-23(33)30(13)18-6-4-5-17(11-18)24(25,26)27/h4-11,14,20H,1-3H3,(H,29,33)/t14-,20?/m1/s1. The third-order valence-corrected chi connectivity index (χ3v) is 5.33. The van der Waals surface area contributed by atoms with Crippen molar-refractivity contribution < 1.29 is 37.0 Å². The van der Waals surface area contributed by atoms with E-state index in [0.29, 0.717) is 11.1 Å². The molecule has 3 rings (SSSR count). The molecule has 35 heavy (non-hydrogen) atoms. The maximum Gasteiger partial charge on any atom is 0.416 e. The third-order valence-electron chi connectivity index (χ3n) is 5.33. The van der Waals surface area contributed by atoms with Crippen LogP contribution < -0.4 is 10.2 Å². The molecule has 2 amide bonds. The Hall–Kier alpha value is -4.33. The molecule has 2 atom stereocenters. The first-order valence-corrected chi connectivity index (χ1v) is 10.3. The molecular formula is C24H20F3N3O5. The summed E-state index contributed by atoms with van der Waals surface area (Å²) in [5.74, 6) is -1.80. The van der Waals surface area contributed by atoms with Crippen LogP contribution in [0.3, 0.4) is 0 Å². The van der Waals surface area contributed by atoms with Crippen LogP contribution in [0.5, 0.6) is 0 Å². The number of amides is 2. The highest BCUT2D eigenvalue weighted by molar-refractivity contribution is 6.03. The average molecular weight is 487 g/mol. The summed E-state index contributed by atoms with van der Waals surface area (Å²) in [5, 5.41) is 11.6. The first-order valence-electron chi connectivity index (χ1n) is 10.3. The van der Waals surface area contributed by atoms with E-state index in [2.05, 4.69) is 10.1 Å². The van der Waals surface area contributed by atoms with E-state index >= 15 is 0 Å². The molecule has 11 heteroatoms. The molecule has 0 radical (unpaired) electrons. The molecule has 0 spiro atoms. The van der Waals surface area contributed by atoms with E-state index in [1.165, 1.54) is 44.2 Å². The molecule has 2 aromatic carbocycles. The van der Waals surface area contributed by atoms with E-state index in [0.717, 1.165) is 30.2 Å². The number of nitriles is 1. The molecule has 0 bridgehead atoms. The second kappa shape index (κ2) is 9.89. The number of halogens is 3. The molecule has 1 unspecified atom stereocenters. The van der Waals surface area contributed by atoms with Gasteiger partial charge < -0.3 is 14.8 Å². The Morgan fingerprint density at radius 1 is 1.17 bits per heavy atom. The summed E-state index contributed by atoms with van der Waals surface area (Å²) in [6.45, 7) is 2.68. The molecule has 1 heterocycles. The third kappa shape index (κ3) is 5.27. The number of hydrogen-bond acceptors (Lipinski definition) is 6. The number of allylic oxidation sites excluding steroid dienone is 1. The van der Waals surface area contributed by atoms with Crippen LogP contribution in [0.4, 0.5) is 23.7 Å². The summed E-state index contributed by atoms with van der Waals surface area (Å²) in [5.41, 5.74) is -0.455. The lowest BCUT2D eigenvalue weighted by Gasteiger charge is -2.35. The molecule has 1 aliphatic heterocycles. The maximum atomic E-state index is 13.3. The number of urea groups is 1. The van der Waals surface area contributed by atoms with Crippen LogP contribution in [0.15, 0.2) is 59.8 Å². The van der Waals surface area contributed by atoms with E-state index in [1.807, 2.05) is 6.07 Å². The van der Waals surface area contributed by atoms with Crippen LogP contribution in [-0.4, -0.2) is 31.2 Å². The van der Waals surface area contributed by atoms with Gasteiger partial charge in [0.1, 0.15) is 0 Å². The number of carbonyl (C=O) groups excluding carboxylic acids is 3. The van der Waals surface area contributed by atoms with Crippen molar-refractivity contribution in [3.8, 4) is 6.07 Å². The van der Waals surface area contributed by atoms with E-state index in [4.69, 9.17) is 10.00 Å². The Balaban J connectivity index is 2.13. The quantitative estimate of drug-likeness (QED) is 0.633. The monoisotopic (exact) mass is 487 g/mol. The van der Waals surface area contributed by atoms with Gasteiger partial charge >= 0.3 is 24.1 Å². The highest BCUT2D eigenvalue weighted by atomic mass is 19.4. The van der Waals surface area contributed by atoms with Gasteiger partial charge in [-0.3, -0.25) is 4.90 Å². The van der Waals surface area contributed by atoms with Gasteiger partial charge in [-0.1, -0.05) is 18.2 Å². The minimum atomic E-state index is -4.65. The van der Waals surface area contributed by atoms with Crippen molar-refractivity contribution in [3.63, 3.8) is 0 Å². The van der Waals surface area contributed by atoms with Crippen molar-refractivity contribution >= 4 is 23.7 Å². The minimum absolute atomic E-state index is 0.00417. The van der Waals surface area contributed by atoms with Gasteiger partial charge in [0.05, 0.1) is 41.6 Å². The Labute approximate surface area is 198 Å². The minimum Gasteiger partial charge on any atom is -0.466 e. The van der Waals surface area contributed by atoms with E-state index < -0.39 is 41.9 Å². The molecule has 1 aliphatic rings. The lowest BCUT2D eigenvalue weighted by atomic mass is 9.94. The number of ether oxygens (including phenoxy) is 2. The maximum absolute atomic E-state index is 13.3. The van der Waals surface area contributed by atoms with Crippen LogP contribution >= 0.6 is 0 Å². The zero-order valence-corrected chi connectivity index (χ0v) is 18.8. The number of rotatable bonds is 5. The molecule has 182 valence electrons. The Kier molecular flexibility index (Phi) is 7.14. The van der Waals surface area contributed by atoms with E-state index in [9.17, 15) is 27.6 Å². The summed E-state index contributed by atoms with van der Waals surface area (Å²) >= 11 is 0. The number of nitrogens with one attached hydrogen (secondary N) is 1. The van der Waals surface area contributed by atoms with E-state index in [-0.39, 0.29) is 17.0 Å². The first-order chi connectivity index (χ1) is 16.5. The van der Waals surface area contributed by atoms with Crippen molar-refractivity contribution in [1.82, 2.24) is 5.32 Å². The molecular weight excluding hydrogens is 467 g/mol. The van der Waals surface area contributed by atoms with Crippen molar-refractivity contribution in [2.45, 2.75) is 32.2 Å². The fourth-order valence-corrected chi connectivity index (χ4v) is 3.58. The van der Waals surface area contributed by atoms with Gasteiger partial charge in [-0.05, 0) is 49.7 Å². The number of alkyl halides is 3. The normalized spacial score (nSPS) is 16.8. The Bertz CT molecular complexity index is 1230. The average Bonchev–Trinajstić information content (AvgIpc) is 2.82. The number of benzene rings is 2. The first kappa shape index (κ1) is 25.3. The van der Waals surface area contributed by atoms with Gasteiger partial charge in [-0.2, -0.15) is 18.4 Å². The number of hydrogen-bond donors (Lipinski definition) is 1. The summed E-state index contributed by atoms with van der Waals surface area (Å²) in [7, 11) is 1.12. The SMILES string of the molecule is COC(=O)[C@@H](C)OC(=O)C1=C(C)N(c2cccc(C(F)(F)F)c2)C(=O)NC1c1ccc(C#N)cc1. The van der Waals surface area contributed by atoms with Crippen LogP contribution in [0.1, 0.15) is 36.6 Å². The van der Waals surface area contributed by atoms with Crippen molar-refractivity contribution in [2.24, 2.45) is 0 Å². The lowest BCUT2D eigenvalue weighted by Crippen LogP contribution is -2.48. The Morgan fingerprint density at radius 3 is 2.40 bits per heavy atom. The number of nitrogens with zero attached hydrogens (tertiary/aromatic N) is 2. The summed E-state index contributed by atoms with van der Waals surface area (Å²) < 4.78 is 49.6. The molecule has 0 saturated carbocycles. The fourth-order valence-electron chi connectivity index (χ4n) is 3.58. The number of methoxy groups -OCH3 is 1. The topological polar surface area (TPSA) is 109 Å². The van der Waals surface area contributed by atoms with Gasteiger partial charge in [0.15, 0.2) is 6.10 Å². The van der Waals surface area contributed by atoms with Gasteiger partial charge in [0, 0.05) is 5.70 Å². The molecule has 0 aromatic heterocycles. The highest BCUT2D eigenvalue weighted by Gasteiger charge is 2.39. The highest BCUT2D eigenvalue weighted by Crippen LogP contribution is 2.37. The Morgan fingerprint density at radius 2 is 1.83 bits per heavy atom. The zero-order valence-electron chi connectivity index (χ0n) is 18.8. The number of carbonyl (C=O) groups is 3.